The van der Waals surface area contributed by atoms with E-state index in [0.717, 1.165) is 0 Å². The van der Waals surface area contributed by atoms with Crippen molar-refractivity contribution in [1.82, 2.24) is 0 Å². The first-order valence-corrected chi connectivity index (χ1v) is 25.7. The lowest BCUT2D eigenvalue weighted by molar-refractivity contribution is -0.347. The Bertz CT molecular complexity index is 2040. The SMILES string of the molecule is CO[C@H]1OC(COS(=O)(=O)O)[C@@H](O[C@H]2C[C@H](O)[C@@H](OC3OC(COS(=O)(=O)O)[C@@H](O[C@H]4C[C@H](O)C(O[C@@H]5OC(COS(=O)(=O)O)[C@@H](O[C@H]6C[C@H](O)[C@H](O)CO6)[C@H](O)C5N)CO4)[C@H](O)C3N)CO2)[C@H](O)C1N. The van der Waals surface area contributed by atoms with Gasteiger partial charge in [-0.3, -0.25) is 13.7 Å². The van der Waals surface area contributed by atoms with Crippen LogP contribution in [0, 0.1) is 0 Å². The van der Waals surface area contributed by atoms with E-state index in [-0.39, 0.29) is 13.0 Å². The standard InChI is InChI=1S/C34H61N3O31S3/c1-54-32-23(35)26(42)29(17(63-32)8-58-69(45,46)47)67-21-3-12(39)15(6-56-21)62-34-25(37)28(44)31(19(65-34)10-60-71(51,52)53)68-22-4-13(40)16(7-57-22)61-33-24(36)27(43)30(18(64-33)9-59-70(48,49)50)66-20-2-11(38)14(41)5-55-20/h11-34,38-44H,2-10,35-37H2,1H3,(H,45,46,47)(H,48,49,50)(H,51,52,53)/t11-,12-,13-,14+,15-,16?,17?,18?,19?,20-,21-,22-,23?,24?,25?,26+,27+,28+,29+,30+,31+,32-,33+,34?/m0/s1. The molecule has 6 aliphatic heterocycles. The first-order chi connectivity index (χ1) is 33.1. The summed E-state index contributed by atoms with van der Waals surface area (Å²) >= 11 is 0. The zero-order valence-corrected chi connectivity index (χ0v) is 39.7. The van der Waals surface area contributed by atoms with Crippen LogP contribution >= 0.6 is 0 Å². The molecule has 0 saturated carbocycles. The van der Waals surface area contributed by atoms with Gasteiger partial charge in [0.05, 0.1) is 76.1 Å². The van der Waals surface area contributed by atoms with Crippen LogP contribution < -0.4 is 17.2 Å². The van der Waals surface area contributed by atoms with Gasteiger partial charge in [0, 0.05) is 26.4 Å². The molecule has 0 aromatic rings. The van der Waals surface area contributed by atoms with Crippen molar-refractivity contribution in [2.75, 3.05) is 46.8 Å². The Labute approximate surface area is 405 Å². The summed E-state index contributed by atoms with van der Waals surface area (Å²) < 4.78 is 178. The third-order valence-electron chi connectivity index (χ3n) is 12.0. The molecule has 24 atom stereocenters. The van der Waals surface area contributed by atoms with Crippen molar-refractivity contribution in [3.63, 3.8) is 0 Å². The molecule has 6 saturated heterocycles. The number of aliphatic hydroxyl groups excluding tert-OH is 7. The topological polar surface area (TPSA) is 521 Å². The largest absolute Gasteiger partial charge is 0.397 e. The minimum atomic E-state index is -5.14. The normalized spacial score (nSPS) is 45.4. The fourth-order valence-corrected chi connectivity index (χ4v) is 9.18. The molecule has 0 aromatic heterocycles. The lowest BCUT2D eigenvalue weighted by atomic mass is 9.96. The number of hydrogen-bond donors (Lipinski definition) is 13. The second-order valence-corrected chi connectivity index (χ2v) is 20.4. The number of ether oxygens (including phenoxy) is 12. The molecule has 0 aliphatic carbocycles. The molecule has 416 valence electrons. The van der Waals surface area contributed by atoms with Gasteiger partial charge in [0.25, 0.3) is 0 Å². The van der Waals surface area contributed by atoms with E-state index in [9.17, 15) is 70.1 Å². The predicted molar refractivity (Wildman–Crippen MR) is 219 cm³/mol. The van der Waals surface area contributed by atoms with Gasteiger partial charge >= 0.3 is 31.2 Å². The number of aliphatic hydroxyl groups is 7. The van der Waals surface area contributed by atoms with E-state index in [0.29, 0.717) is 0 Å². The minimum absolute atomic E-state index is 0.276. The van der Waals surface area contributed by atoms with Crippen LogP contribution in [-0.4, -0.2) is 269 Å². The Morgan fingerprint density at radius 2 is 0.761 bits per heavy atom. The molecule has 8 unspecified atom stereocenters. The Kier molecular flexibility index (Phi) is 20.6. The highest BCUT2D eigenvalue weighted by atomic mass is 32.3. The lowest BCUT2D eigenvalue weighted by Gasteiger charge is -2.47. The molecular weight excluding hydrogens is 1040 g/mol. The highest BCUT2D eigenvalue weighted by Gasteiger charge is 2.52. The number of nitrogens with two attached hydrogens (primary N) is 3. The van der Waals surface area contributed by atoms with Crippen LogP contribution in [0.15, 0.2) is 0 Å². The summed E-state index contributed by atoms with van der Waals surface area (Å²) in [6.45, 7) is -4.23. The van der Waals surface area contributed by atoms with Gasteiger partial charge < -0.3 is 110 Å². The number of hydrogen-bond acceptors (Lipinski definition) is 31. The van der Waals surface area contributed by atoms with E-state index in [1.54, 1.807) is 0 Å². The smallest absolute Gasteiger partial charge is 0.390 e. The van der Waals surface area contributed by atoms with Crippen LogP contribution in [0.4, 0.5) is 0 Å². The molecule has 0 bridgehead atoms. The fourth-order valence-electron chi connectivity index (χ4n) is 8.26. The molecule has 6 aliphatic rings. The lowest BCUT2D eigenvalue weighted by Crippen LogP contribution is -2.66. The molecule has 6 heterocycles. The molecule has 37 heteroatoms. The summed E-state index contributed by atoms with van der Waals surface area (Å²) in [7, 11) is -14.0. The van der Waals surface area contributed by atoms with Gasteiger partial charge in [-0.1, -0.05) is 0 Å². The van der Waals surface area contributed by atoms with E-state index in [2.05, 4.69) is 12.5 Å². The first kappa shape index (κ1) is 59.0. The molecule has 71 heavy (non-hydrogen) atoms. The van der Waals surface area contributed by atoms with Gasteiger partial charge in [0.2, 0.25) is 0 Å². The van der Waals surface area contributed by atoms with Gasteiger partial charge in [-0.2, -0.15) is 25.3 Å². The van der Waals surface area contributed by atoms with E-state index in [1.807, 2.05) is 0 Å². The molecule has 0 amide bonds. The van der Waals surface area contributed by atoms with Gasteiger partial charge in [0.1, 0.15) is 73.2 Å². The van der Waals surface area contributed by atoms with Crippen LogP contribution in [-0.2, 0) is 101 Å². The molecule has 0 aromatic carbocycles. The van der Waals surface area contributed by atoms with Crippen LogP contribution in [0.1, 0.15) is 19.3 Å². The second kappa shape index (κ2) is 24.8. The van der Waals surface area contributed by atoms with Crippen LogP contribution in [0.2, 0.25) is 0 Å². The summed E-state index contributed by atoms with van der Waals surface area (Å²) in [5, 5.41) is 75.5. The van der Waals surface area contributed by atoms with E-state index < -0.39 is 224 Å². The summed E-state index contributed by atoms with van der Waals surface area (Å²) in [5.41, 5.74) is 18.5. The molecule has 0 radical (unpaired) electrons. The van der Waals surface area contributed by atoms with Crippen molar-refractivity contribution >= 4 is 31.2 Å². The van der Waals surface area contributed by atoms with Crippen molar-refractivity contribution < 1.29 is 144 Å². The highest BCUT2D eigenvalue weighted by Crippen LogP contribution is 2.34. The summed E-state index contributed by atoms with van der Waals surface area (Å²) in [6, 6.07) is -4.27. The first-order valence-electron chi connectivity index (χ1n) is 21.6. The zero-order chi connectivity index (χ0) is 52.3. The quantitative estimate of drug-likeness (QED) is 0.0504. The van der Waals surface area contributed by atoms with Crippen LogP contribution in [0.5, 0.6) is 0 Å². The van der Waals surface area contributed by atoms with Crippen molar-refractivity contribution in [2.45, 2.75) is 167 Å². The Morgan fingerprint density at radius 1 is 0.451 bits per heavy atom. The Balaban J connectivity index is 1.05. The molecule has 16 N–H and O–H groups in total. The van der Waals surface area contributed by atoms with Crippen LogP contribution in [0.25, 0.3) is 0 Å². The Hall–Kier alpha value is -1.27. The second-order valence-electron chi connectivity index (χ2n) is 17.1. The van der Waals surface area contributed by atoms with E-state index in [1.165, 1.54) is 7.11 Å². The Morgan fingerprint density at radius 3 is 1.07 bits per heavy atom. The highest BCUT2D eigenvalue weighted by molar-refractivity contribution is 7.81. The summed E-state index contributed by atoms with van der Waals surface area (Å²) in [5.74, 6) is 0. The van der Waals surface area contributed by atoms with Gasteiger partial charge in [-0.25, -0.2) is 12.5 Å². The van der Waals surface area contributed by atoms with Crippen molar-refractivity contribution in [1.29, 1.82) is 0 Å². The van der Waals surface area contributed by atoms with Gasteiger partial charge in [0.15, 0.2) is 37.7 Å². The van der Waals surface area contributed by atoms with E-state index >= 15 is 0 Å². The van der Waals surface area contributed by atoms with E-state index in [4.69, 9.17) is 78.6 Å². The van der Waals surface area contributed by atoms with Crippen molar-refractivity contribution in [2.24, 2.45) is 17.2 Å². The van der Waals surface area contributed by atoms with Gasteiger partial charge in [-0.05, 0) is 0 Å². The third kappa shape index (κ3) is 16.1. The maximum absolute atomic E-state index is 11.6. The van der Waals surface area contributed by atoms with Gasteiger partial charge in [-0.15, -0.1) is 0 Å². The maximum Gasteiger partial charge on any atom is 0.397 e. The zero-order valence-electron chi connectivity index (χ0n) is 37.2. The average Bonchev–Trinajstić information content (AvgIpc) is 3.28. The fraction of sp³-hybridized carbons (Fsp3) is 1.00. The summed E-state index contributed by atoms with van der Waals surface area (Å²) in [4.78, 5) is 0. The summed E-state index contributed by atoms with van der Waals surface area (Å²) in [6.07, 6.45) is -32.3. The average molecular weight is 1100 g/mol. The molecule has 6 rings (SSSR count). The van der Waals surface area contributed by atoms with Crippen molar-refractivity contribution in [3.8, 4) is 0 Å². The van der Waals surface area contributed by atoms with Crippen molar-refractivity contribution in [3.05, 3.63) is 0 Å². The molecule has 34 nitrogen and oxygen atoms in total. The maximum atomic E-state index is 11.6. The molecule has 6 fully saturated rings. The molecule has 0 spiro atoms. The van der Waals surface area contributed by atoms with Crippen LogP contribution in [0.3, 0.4) is 0 Å². The predicted octanol–water partition coefficient (Wildman–Crippen LogP) is -9.06. The number of methoxy groups -OCH3 is 1. The monoisotopic (exact) mass is 1100 g/mol. The molecular formula is C34H61N3O31S3. The number of rotatable bonds is 20. The minimum Gasteiger partial charge on any atom is -0.390 e. The third-order valence-corrected chi connectivity index (χ3v) is 13.3.